The van der Waals surface area contributed by atoms with Crippen LogP contribution in [0.25, 0.3) is 0 Å². The van der Waals surface area contributed by atoms with Crippen molar-refractivity contribution in [3.8, 4) is 92.0 Å². The Kier molecular flexibility index (Phi) is 16.4. The molecular formula is C75H62O21. The molecule has 488 valence electrons. The van der Waals surface area contributed by atoms with E-state index in [1.807, 2.05) is 0 Å². The molecule has 3 heterocycles. The van der Waals surface area contributed by atoms with E-state index in [4.69, 9.17) is 14.2 Å². The fourth-order valence-electron chi connectivity index (χ4n) is 14.4. The third-order valence-corrected chi connectivity index (χ3v) is 18.6. The van der Waals surface area contributed by atoms with Gasteiger partial charge in [0.2, 0.25) is 0 Å². The number of aliphatic hydroxyl groups excluding tert-OH is 1. The van der Waals surface area contributed by atoms with Crippen LogP contribution in [0, 0.1) is 23.7 Å². The lowest BCUT2D eigenvalue weighted by molar-refractivity contribution is 0.0168. The summed E-state index contributed by atoms with van der Waals surface area (Å²) in [4.78, 5) is 32.4. The van der Waals surface area contributed by atoms with E-state index in [0.717, 1.165) is 30.3 Å². The monoisotopic (exact) mass is 1300 g/mol. The number of hydrogen-bond acceptors (Lipinski definition) is 21. The molecule has 0 aliphatic carbocycles. The molecule has 10 aromatic rings. The van der Waals surface area contributed by atoms with E-state index in [1.165, 1.54) is 164 Å². The number of aromatic hydroxyl groups is 15. The summed E-state index contributed by atoms with van der Waals surface area (Å²) in [6.45, 7) is 0. The van der Waals surface area contributed by atoms with Crippen LogP contribution in [0.15, 0.2) is 194 Å². The zero-order valence-electron chi connectivity index (χ0n) is 50.3. The fourth-order valence-corrected chi connectivity index (χ4v) is 14.4. The van der Waals surface area contributed by atoms with Crippen LogP contribution in [0.2, 0.25) is 0 Å². The molecule has 0 aromatic heterocycles. The Bertz CT molecular complexity index is 4620. The van der Waals surface area contributed by atoms with Gasteiger partial charge in [-0.15, -0.1) is 0 Å². The van der Waals surface area contributed by atoms with Crippen molar-refractivity contribution >= 4 is 11.6 Å². The summed E-state index contributed by atoms with van der Waals surface area (Å²) in [7, 11) is 0. The van der Waals surface area contributed by atoms with Gasteiger partial charge in [-0.25, -0.2) is 0 Å². The molecule has 96 heavy (non-hydrogen) atoms. The normalized spacial score (nSPS) is 22.0. The lowest BCUT2D eigenvalue weighted by atomic mass is 9.64. The SMILES string of the molecule is O=C(c1ccc(O)cc1O)[C@H]1[C@H]([C@@H](c2ccc(O)cc2)c2c(O)c3c(c([C@H](c4ccc(O)cc4)[C@H]4[C@H](C(=O)c5ccc(O)cc5O)[C@@H](c5ccc(O)cc5)O[C@H]4c4ccc(O)cc4O)c2O)O[C@H](c2ccc(O)cc2)[C@@H](O)C3)[C@H](c2ccc(O)cc2O)O[C@@H]1c1ccc(O)cc1. The number of Topliss-reactive ketones (excluding diaryl/α,β-unsaturated/α-hetero) is 2. The van der Waals surface area contributed by atoms with Crippen molar-refractivity contribution in [1.82, 2.24) is 0 Å². The second-order valence-corrected chi connectivity index (χ2v) is 24.3. The largest absolute Gasteiger partial charge is 0.508 e. The van der Waals surface area contributed by atoms with Gasteiger partial charge in [0.05, 0.1) is 53.5 Å². The highest BCUT2D eigenvalue weighted by molar-refractivity contribution is 6.02. The minimum absolute atomic E-state index is 0.0537. The first-order valence-electron chi connectivity index (χ1n) is 30.4. The highest BCUT2D eigenvalue weighted by atomic mass is 16.5. The highest BCUT2D eigenvalue weighted by Crippen LogP contribution is 2.67. The van der Waals surface area contributed by atoms with E-state index in [0.29, 0.717) is 0 Å². The zero-order valence-corrected chi connectivity index (χ0v) is 50.3. The number of phenols is 15. The van der Waals surface area contributed by atoms with Crippen molar-refractivity contribution in [2.45, 2.75) is 54.9 Å². The molecule has 2 saturated heterocycles. The first-order valence-corrected chi connectivity index (χ1v) is 30.4. The molecule has 0 spiro atoms. The number of ketones is 2. The Labute approximate surface area is 546 Å². The molecule has 2 fully saturated rings. The average molecular weight is 1300 g/mol. The molecule has 16 N–H and O–H groups in total. The maximum Gasteiger partial charge on any atom is 0.173 e. The van der Waals surface area contributed by atoms with Gasteiger partial charge >= 0.3 is 0 Å². The smallest absolute Gasteiger partial charge is 0.173 e. The number of ether oxygens (including phenoxy) is 3. The number of rotatable bonds is 15. The van der Waals surface area contributed by atoms with E-state index in [1.54, 1.807) is 0 Å². The van der Waals surface area contributed by atoms with Crippen LogP contribution in [-0.4, -0.2) is 99.4 Å². The summed E-state index contributed by atoms with van der Waals surface area (Å²) in [5, 5.41) is 186. The quantitative estimate of drug-likeness (QED) is 0.0424. The Balaban J connectivity index is 1.18. The summed E-state index contributed by atoms with van der Waals surface area (Å²) < 4.78 is 21.3. The second-order valence-electron chi connectivity index (χ2n) is 24.3. The molecule has 13 rings (SSSR count). The molecular weight excluding hydrogens is 1240 g/mol. The third kappa shape index (κ3) is 11.4. The topological polar surface area (TPSA) is 386 Å². The van der Waals surface area contributed by atoms with Gasteiger partial charge in [0.15, 0.2) is 11.6 Å². The summed E-state index contributed by atoms with van der Waals surface area (Å²) in [6.07, 6.45) is -9.56. The summed E-state index contributed by atoms with van der Waals surface area (Å²) >= 11 is 0. The molecule has 0 saturated carbocycles. The number of fused-ring (bicyclic) bond motifs is 1. The Morgan fingerprint density at radius 3 is 1.03 bits per heavy atom. The maximum absolute atomic E-state index is 16.3. The Morgan fingerprint density at radius 2 is 0.667 bits per heavy atom. The first kappa shape index (κ1) is 63.0. The fraction of sp³-hybridized carbons (Fsp3) is 0.173. The maximum atomic E-state index is 16.3. The molecule has 3 aliphatic rings. The van der Waals surface area contributed by atoms with E-state index >= 15 is 9.59 Å². The van der Waals surface area contributed by atoms with E-state index in [9.17, 15) is 81.7 Å². The summed E-state index contributed by atoms with van der Waals surface area (Å²) in [6, 6.07) is 41.6. The van der Waals surface area contributed by atoms with E-state index < -0.39 is 147 Å². The summed E-state index contributed by atoms with van der Waals surface area (Å²) in [5.41, 5.74) is -0.756. The van der Waals surface area contributed by atoms with Crippen LogP contribution in [-0.2, 0) is 15.9 Å². The van der Waals surface area contributed by atoms with Gasteiger partial charge in [0.1, 0.15) is 98.1 Å². The van der Waals surface area contributed by atoms with Crippen LogP contribution < -0.4 is 4.74 Å². The Morgan fingerprint density at radius 1 is 0.344 bits per heavy atom. The molecule has 0 amide bonds. The second kappa shape index (κ2) is 24.9. The van der Waals surface area contributed by atoms with Gasteiger partial charge < -0.3 is 95.9 Å². The predicted octanol–water partition coefficient (Wildman–Crippen LogP) is 11.8. The number of aliphatic hydroxyl groups is 1. The number of carbonyl (C=O) groups is 2. The molecule has 3 aliphatic heterocycles. The van der Waals surface area contributed by atoms with Crippen LogP contribution in [0.5, 0.6) is 92.0 Å². The molecule has 21 heteroatoms. The van der Waals surface area contributed by atoms with Gasteiger partial charge in [0, 0.05) is 82.2 Å². The minimum atomic E-state index is -1.69. The standard InChI is InChI=1S/C75H62O21/c76-39-11-1-34(2-12-39)58(60-64(66(90)48-25-21-44(81)29-53(48)85)71(37-7-17-42(79)18-8-37)95-73(60)50-27-23-46(83)31-55(50)87)62-68(92)52-33-57(89)70(36-5-15-41(78)16-6-36)94-75(52)63(69(62)93)59(35-3-13-40(77)14-4-35)61-65(67(91)49-26-22-45(82)30-54(49)86)72(38-9-19-43(80)20-10-38)96-74(61)51-28-24-47(84)32-56(51)88/h1-32,57-61,64-65,70-74,76-89,92-93H,33H2/t57-,58+,59+,60-,61-,64+,65+,70+,71+,72+,73-,74-/m0/s1. The van der Waals surface area contributed by atoms with Crippen LogP contribution in [0.3, 0.4) is 0 Å². The molecule has 21 nitrogen and oxygen atoms in total. The first-order chi connectivity index (χ1) is 46.0. The van der Waals surface area contributed by atoms with Gasteiger partial charge in [-0.1, -0.05) is 60.7 Å². The minimum Gasteiger partial charge on any atom is -0.508 e. The summed E-state index contributed by atoms with van der Waals surface area (Å²) in [5.74, 6) is -18.6. The third-order valence-electron chi connectivity index (χ3n) is 18.6. The average Bonchev–Trinajstić information content (AvgIpc) is 1.35. The molecule has 0 unspecified atom stereocenters. The molecule has 0 radical (unpaired) electrons. The van der Waals surface area contributed by atoms with Crippen LogP contribution >= 0.6 is 0 Å². The molecule has 0 bridgehead atoms. The molecule has 10 aromatic carbocycles. The highest BCUT2D eigenvalue weighted by Gasteiger charge is 2.59. The van der Waals surface area contributed by atoms with Crippen molar-refractivity contribution in [2.75, 3.05) is 0 Å². The lowest BCUT2D eigenvalue weighted by Gasteiger charge is -2.40. The van der Waals surface area contributed by atoms with E-state index in [2.05, 4.69) is 0 Å². The van der Waals surface area contributed by atoms with Crippen LogP contribution in [0.4, 0.5) is 0 Å². The number of benzene rings is 10. The van der Waals surface area contributed by atoms with Crippen LogP contribution in [0.1, 0.15) is 119 Å². The lowest BCUT2D eigenvalue weighted by Crippen LogP contribution is -2.35. The van der Waals surface area contributed by atoms with Crippen molar-refractivity contribution in [3.05, 3.63) is 261 Å². The van der Waals surface area contributed by atoms with Gasteiger partial charge in [0.25, 0.3) is 0 Å². The van der Waals surface area contributed by atoms with Crippen molar-refractivity contribution in [2.24, 2.45) is 23.7 Å². The van der Waals surface area contributed by atoms with Crippen molar-refractivity contribution in [3.63, 3.8) is 0 Å². The number of carbonyl (C=O) groups excluding carboxylic acids is 2. The van der Waals surface area contributed by atoms with E-state index in [-0.39, 0.29) is 101 Å². The molecule has 12 atom stereocenters. The van der Waals surface area contributed by atoms with Gasteiger partial charge in [-0.05, 0) is 137 Å². The number of hydrogen-bond donors (Lipinski definition) is 16. The predicted molar refractivity (Wildman–Crippen MR) is 342 cm³/mol. The van der Waals surface area contributed by atoms with Gasteiger partial charge in [-0.2, -0.15) is 0 Å². The Hall–Kier alpha value is -11.8. The van der Waals surface area contributed by atoms with Crippen molar-refractivity contribution < 1.29 is 106 Å². The zero-order chi connectivity index (χ0) is 67.7. The number of phenolic OH excluding ortho intramolecular Hbond substituents is 15. The van der Waals surface area contributed by atoms with Crippen molar-refractivity contribution in [1.29, 1.82) is 0 Å². The van der Waals surface area contributed by atoms with Gasteiger partial charge in [-0.3, -0.25) is 9.59 Å².